The van der Waals surface area contributed by atoms with Gasteiger partial charge in [0.05, 0.1) is 32.3 Å². The highest BCUT2D eigenvalue weighted by atomic mass is 32.1. The van der Waals surface area contributed by atoms with Crippen LogP contribution in [0, 0.1) is 5.41 Å². The molecule has 0 atom stereocenters. The van der Waals surface area contributed by atoms with Gasteiger partial charge in [0.25, 0.3) is 0 Å². The second-order valence-corrected chi connectivity index (χ2v) is 9.17. The van der Waals surface area contributed by atoms with Gasteiger partial charge in [-0.2, -0.15) is 9.61 Å². The smallest absolute Gasteiger partial charge is 0.352 e. The van der Waals surface area contributed by atoms with Gasteiger partial charge in [-0.3, -0.25) is 4.57 Å². The van der Waals surface area contributed by atoms with Gasteiger partial charge < -0.3 is 14.8 Å². The topological polar surface area (TPSA) is 82.7 Å². The number of ether oxygens (including phenoxy) is 2. The fraction of sp³-hybridized carbons (Fsp3) is 0.381. The first-order chi connectivity index (χ1) is 14.6. The summed E-state index contributed by atoms with van der Waals surface area (Å²) in [5.74, 6) is 0.790. The molecule has 1 N–H and O–H groups in total. The second-order valence-electron chi connectivity index (χ2n) is 8.05. The van der Waals surface area contributed by atoms with Crippen LogP contribution in [-0.2, 0) is 17.8 Å². The van der Waals surface area contributed by atoms with Gasteiger partial charge >= 0.3 is 5.69 Å². The van der Waals surface area contributed by atoms with Crippen molar-refractivity contribution in [1.29, 1.82) is 0 Å². The number of fused-ring (bicyclic) bond motifs is 3. The number of benzene rings is 1. The Bertz CT molecular complexity index is 1250. The van der Waals surface area contributed by atoms with Gasteiger partial charge in [0.1, 0.15) is 16.9 Å². The Morgan fingerprint density at radius 3 is 2.80 bits per heavy atom. The summed E-state index contributed by atoms with van der Waals surface area (Å²) >= 11 is 1.62. The van der Waals surface area contributed by atoms with Crippen molar-refractivity contribution in [1.82, 2.24) is 24.5 Å². The number of aromatic nitrogens is 4. The zero-order chi connectivity index (χ0) is 20.7. The van der Waals surface area contributed by atoms with E-state index in [1.807, 2.05) is 24.3 Å². The molecule has 4 heterocycles. The lowest BCUT2D eigenvalue weighted by molar-refractivity contribution is -0.0991. The van der Waals surface area contributed by atoms with Crippen LogP contribution >= 0.6 is 11.3 Å². The van der Waals surface area contributed by atoms with E-state index in [2.05, 4.69) is 28.4 Å². The maximum Gasteiger partial charge on any atom is 0.352 e. The summed E-state index contributed by atoms with van der Waals surface area (Å²) in [6.07, 6.45) is 1.43. The van der Waals surface area contributed by atoms with Crippen LogP contribution in [0.25, 0.3) is 15.9 Å². The molecule has 0 radical (unpaired) electrons. The van der Waals surface area contributed by atoms with Crippen LogP contribution in [0.4, 0.5) is 0 Å². The summed E-state index contributed by atoms with van der Waals surface area (Å²) in [6, 6.07) is 9.86. The Morgan fingerprint density at radius 1 is 1.30 bits per heavy atom. The first-order valence-electron chi connectivity index (χ1n) is 9.83. The van der Waals surface area contributed by atoms with E-state index in [9.17, 15) is 4.79 Å². The van der Waals surface area contributed by atoms with E-state index in [0.29, 0.717) is 12.2 Å². The average molecular weight is 426 g/mol. The standard InChI is InChI=1S/C21H23N5O3S/c1-21(11-29-12-21)10-22-8-16-7-17-18-23-13-24-26(18)20(27)25(19(17)30-16)9-14-3-5-15(28-2)6-4-14/h3-7,13,22H,8-12H2,1-2H3. The normalized spacial score (nSPS) is 15.5. The van der Waals surface area contributed by atoms with Crippen LogP contribution in [0.15, 0.2) is 41.5 Å². The Balaban J connectivity index is 1.50. The molecule has 8 nitrogen and oxygen atoms in total. The van der Waals surface area contributed by atoms with Crippen molar-refractivity contribution in [2.24, 2.45) is 5.41 Å². The summed E-state index contributed by atoms with van der Waals surface area (Å²) in [6.45, 7) is 5.92. The minimum Gasteiger partial charge on any atom is -0.497 e. The molecule has 0 spiro atoms. The second kappa shape index (κ2) is 7.50. The highest BCUT2D eigenvalue weighted by molar-refractivity contribution is 7.18. The van der Waals surface area contributed by atoms with Crippen LogP contribution < -0.4 is 15.7 Å². The van der Waals surface area contributed by atoms with Crippen molar-refractivity contribution in [3.05, 3.63) is 57.6 Å². The highest BCUT2D eigenvalue weighted by Gasteiger charge is 2.32. The molecule has 9 heteroatoms. The largest absolute Gasteiger partial charge is 0.497 e. The number of thiophene rings is 1. The molecule has 1 aromatic carbocycles. The quantitative estimate of drug-likeness (QED) is 0.489. The third-order valence-corrected chi connectivity index (χ3v) is 6.62. The van der Waals surface area contributed by atoms with Gasteiger partial charge in [-0.15, -0.1) is 11.3 Å². The molecule has 0 bridgehead atoms. The van der Waals surface area contributed by atoms with Crippen LogP contribution in [0.5, 0.6) is 5.75 Å². The predicted molar refractivity (Wildman–Crippen MR) is 115 cm³/mol. The van der Waals surface area contributed by atoms with E-state index in [0.717, 1.165) is 52.7 Å². The molecular weight excluding hydrogens is 402 g/mol. The molecule has 30 heavy (non-hydrogen) atoms. The zero-order valence-corrected chi connectivity index (χ0v) is 17.7. The SMILES string of the molecule is COc1ccc(Cn2c(=O)n3ncnc3c3cc(CNCC4(C)COC4)sc32)cc1. The number of rotatable bonds is 7. The summed E-state index contributed by atoms with van der Waals surface area (Å²) in [5, 5.41) is 8.62. The molecule has 0 aliphatic carbocycles. The van der Waals surface area contributed by atoms with Gasteiger partial charge in [0, 0.05) is 23.4 Å². The molecule has 1 saturated heterocycles. The summed E-state index contributed by atoms with van der Waals surface area (Å²) in [7, 11) is 1.64. The molecule has 1 fully saturated rings. The van der Waals surface area contributed by atoms with E-state index in [-0.39, 0.29) is 11.1 Å². The van der Waals surface area contributed by atoms with Crippen LogP contribution in [0.3, 0.4) is 0 Å². The van der Waals surface area contributed by atoms with Crippen molar-refractivity contribution in [3.8, 4) is 5.75 Å². The lowest BCUT2D eigenvalue weighted by Crippen LogP contribution is -2.47. The van der Waals surface area contributed by atoms with E-state index < -0.39 is 0 Å². The molecule has 1 aliphatic heterocycles. The maximum absolute atomic E-state index is 13.1. The minimum atomic E-state index is -0.189. The van der Waals surface area contributed by atoms with Crippen molar-refractivity contribution >= 4 is 27.2 Å². The highest BCUT2D eigenvalue weighted by Crippen LogP contribution is 2.29. The summed E-state index contributed by atoms with van der Waals surface area (Å²) in [5.41, 5.74) is 1.65. The van der Waals surface area contributed by atoms with Crippen molar-refractivity contribution < 1.29 is 9.47 Å². The molecule has 0 unspecified atom stereocenters. The van der Waals surface area contributed by atoms with Crippen LogP contribution in [-0.4, -0.2) is 46.0 Å². The van der Waals surface area contributed by atoms with Crippen LogP contribution in [0.2, 0.25) is 0 Å². The molecular formula is C21H23N5O3S. The molecule has 0 amide bonds. The van der Waals surface area contributed by atoms with Crippen LogP contribution in [0.1, 0.15) is 17.4 Å². The Morgan fingerprint density at radius 2 is 2.10 bits per heavy atom. The molecule has 1 aliphatic rings. The van der Waals surface area contributed by atoms with E-state index >= 15 is 0 Å². The Hall–Kier alpha value is -2.75. The molecule has 5 rings (SSSR count). The van der Waals surface area contributed by atoms with Crippen molar-refractivity contribution in [3.63, 3.8) is 0 Å². The first-order valence-corrected chi connectivity index (χ1v) is 10.6. The number of methoxy groups -OCH3 is 1. The third-order valence-electron chi connectivity index (χ3n) is 5.46. The average Bonchev–Trinajstić information content (AvgIpc) is 3.37. The Labute approximate surface area is 177 Å². The number of hydrogen-bond acceptors (Lipinski definition) is 7. The number of hydrogen-bond donors (Lipinski definition) is 1. The lowest BCUT2D eigenvalue weighted by atomic mass is 9.89. The zero-order valence-electron chi connectivity index (χ0n) is 16.9. The summed E-state index contributed by atoms with van der Waals surface area (Å²) < 4.78 is 13.7. The number of nitrogens with zero attached hydrogens (tertiary/aromatic N) is 4. The van der Waals surface area contributed by atoms with E-state index in [1.54, 1.807) is 23.0 Å². The number of nitrogens with one attached hydrogen (secondary N) is 1. The van der Waals surface area contributed by atoms with Gasteiger partial charge in [0.15, 0.2) is 5.65 Å². The van der Waals surface area contributed by atoms with Gasteiger partial charge in [0.2, 0.25) is 0 Å². The Kier molecular flexibility index (Phi) is 4.80. The monoisotopic (exact) mass is 425 g/mol. The molecule has 156 valence electrons. The summed E-state index contributed by atoms with van der Waals surface area (Å²) in [4.78, 5) is 19.5. The van der Waals surface area contributed by atoms with Crippen molar-refractivity contribution in [2.45, 2.75) is 20.0 Å². The predicted octanol–water partition coefficient (Wildman–Crippen LogP) is 2.29. The minimum absolute atomic E-state index is 0.189. The van der Waals surface area contributed by atoms with Gasteiger partial charge in [-0.1, -0.05) is 19.1 Å². The van der Waals surface area contributed by atoms with E-state index in [1.165, 1.54) is 10.8 Å². The van der Waals surface area contributed by atoms with Crippen molar-refractivity contribution in [2.75, 3.05) is 26.9 Å². The van der Waals surface area contributed by atoms with Gasteiger partial charge in [-0.05, 0) is 23.8 Å². The lowest BCUT2D eigenvalue weighted by Gasteiger charge is -2.38. The fourth-order valence-corrected chi connectivity index (χ4v) is 4.85. The molecule has 4 aromatic rings. The first kappa shape index (κ1) is 19.2. The maximum atomic E-state index is 13.1. The van der Waals surface area contributed by atoms with Gasteiger partial charge in [-0.25, -0.2) is 9.78 Å². The molecule has 3 aromatic heterocycles. The third kappa shape index (κ3) is 3.38. The van der Waals surface area contributed by atoms with E-state index in [4.69, 9.17) is 9.47 Å². The fourth-order valence-electron chi connectivity index (χ4n) is 3.74. The molecule has 0 saturated carbocycles.